The minimum atomic E-state index is -3.41. The molecule has 19 heavy (non-hydrogen) atoms. The second kappa shape index (κ2) is 5.05. The van der Waals surface area contributed by atoms with E-state index in [1.165, 1.54) is 0 Å². The highest BCUT2D eigenvalue weighted by Gasteiger charge is 2.21. The highest BCUT2D eigenvalue weighted by molar-refractivity contribution is 7.95. The van der Waals surface area contributed by atoms with Crippen molar-refractivity contribution in [2.24, 2.45) is 0 Å². The summed E-state index contributed by atoms with van der Waals surface area (Å²) in [5.41, 5.74) is 1.93. The first-order valence-corrected chi connectivity index (χ1v) is 7.48. The zero-order valence-corrected chi connectivity index (χ0v) is 12.1. The van der Waals surface area contributed by atoms with Crippen molar-refractivity contribution in [1.29, 1.82) is 0 Å². The van der Waals surface area contributed by atoms with Crippen molar-refractivity contribution < 1.29 is 8.42 Å². The van der Waals surface area contributed by atoms with Crippen LogP contribution in [-0.2, 0) is 9.84 Å². The van der Waals surface area contributed by atoms with E-state index in [0.29, 0.717) is 9.80 Å². The van der Waals surface area contributed by atoms with Gasteiger partial charge >= 0.3 is 0 Å². The van der Waals surface area contributed by atoms with Gasteiger partial charge in [-0.05, 0) is 36.8 Å². The number of hydrogen-bond donors (Lipinski definition) is 0. The molecule has 0 unspecified atom stereocenters. The van der Waals surface area contributed by atoms with Gasteiger partial charge in [-0.25, -0.2) is 8.42 Å². The number of hydrogen-bond acceptors (Lipinski definition) is 3. The molecule has 0 bridgehead atoms. The number of allylic oxidation sites excluding steroid dienone is 4. The smallest absolute Gasteiger partial charge is 0.206 e. The lowest BCUT2D eigenvalue weighted by Crippen LogP contribution is -2.03. The Morgan fingerprint density at radius 3 is 2.26 bits per heavy atom. The van der Waals surface area contributed by atoms with Crippen LogP contribution in [0.4, 0.5) is 0 Å². The minimum absolute atomic E-state index is 0.333. The minimum Gasteiger partial charge on any atom is -0.383 e. The van der Waals surface area contributed by atoms with Gasteiger partial charge in [0.25, 0.3) is 0 Å². The topological polar surface area (TPSA) is 37.4 Å². The normalized spacial score (nSPS) is 16.8. The van der Waals surface area contributed by atoms with E-state index in [-0.39, 0.29) is 0 Å². The lowest BCUT2D eigenvalue weighted by molar-refractivity contribution is 0.561. The molecule has 0 saturated carbocycles. The van der Waals surface area contributed by atoms with E-state index >= 15 is 0 Å². The van der Waals surface area contributed by atoms with Gasteiger partial charge in [0.1, 0.15) is 0 Å². The maximum absolute atomic E-state index is 12.4. The molecular weight excluding hydrogens is 258 g/mol. The van der Waals surface area contributed by atoms with Crippen molar-refractivity contribution in [2.45, 2.75) is 11.8 Å². The van der Waals surface area contributed by atoms with Crippen molar-refractivity contribution in [1.82, 2.24) is 4.90 Å². The van der Waals surface area contributed by atoms with Crippen LogP contribution in [0.3, 0.4) is 0 Å². The average molecular weight is 275 g/mol. The van der Waals surface area contributed by atoms with Gasteiger partial charge in [-0.2, -0.15) is 0 Å². The predicted molar refractivity (Wildman–Crippen MR) is 77.4 cm³/mol. The van der Waals surface area contributed by atoms with E-state index in [4.69, 9.17) is 0 Å². The highest BCUT2D eigenvalue weighted by atomic mass is 32.2. The van der Waals surface area contributed by atoms with Gasteiger partial charge in [0.15, 0.2) is 0 Å². The fraction of sp³-hybridized carbons (Fsp3) is 0.200. The summed E-state index contributed by atoms with van der Waals surface area (Å²) >= 11 is 0. The quantitative estimate of drug-likeness (QED) is 0.851. The van der Waals surface area contributed by atoms with Gasteiger partial charge in [-0.3, -0.25) is 0 Å². The van der Waals surface area contributed by atoms with E-state index in [1.54, 1.807) is 30.4 Å². The fourth-order valence-corrected chi connectivity index (χ4v) is 3.14. The van der Waals surface area contributed by atoms with Crippen LogP contribution in [0, 0.1) is 6.92 Å². The predicted octanol–water partition coefficient (Wildman–Crippen LogP) is 2.67. The van der Waals surface area contributed by atoms with Gasteiger partial charge in [0.05, 0.1) is 9.80 Å². The first kappa shape index (κ1) is 13.6. The van der Waals surface area contributed by atoms with E-state index in [2.05, 4.69) is 0 Å². The molecule has 0 heterocycles. The third-order valence-electron chi connectivity index (χ3n) is 2.80. The summed E-state index contributed by atoms with van der Waals surface area (Å²) in [6, 6.07) is 6.91. The van der Waals surface area contributed by atoms with Gasteiger partial charge in [0, 0.05) is 20.3 Å². The standard InChI is InChI=1S/C15H17NO2S/c1-12-4-7-14(8-5-12)19(17,18)15-9-6-13(10-15)11-16(2)3/h4-11H,1-3H3/b13-11-. The summed E-state index contributed by atoms with van der Waals surface area (Å²) < 4.78 is 24.8. The molecule has 0 N–H and O–H groups in total. The van der Waals surface area contributed by atoms with Crippen LogP contribution in [0.2, 0.25) is 0 Å². The fourth-order valence-electron chi connectivity index (χ4n) is 1.84. The monoisotopic (exact) mass is 275 g/mol. The molecule has 0 amide bonds. The van der Waals surface area contributed by atoms with Crippen molar-refractivity contribution in [3.8, 4) is 0 Å². The molecule has 0 atom stereocenters. The van der Waals surface area contributed by atoms with Crippen molar-refractivity contribution in [3.63, 3.8) is 0 Å². The number of benzene rings is 1. The lowest BCUT2D eigenvalue weighted by atomic mass is 10.2. The maximum atomic E-state index is 12.4. The largest absolute Gasteiger partial charge is 0.383 e. The Morgan fingerprint density at radius 1 is 1.05 bits per heavy atom. The summed E-state index contributed by atoms with van der Waals surface area (Å²) in [5.74, 6) is 0. The Balaban J connectivity index is 2.38. The molecule has 1 aromatic rings. The molecule has 0 saturated heterocycles. The summed E-state index contributed by atoms with van der Waals surface area (Å²) in [7, 11) is 0.399. The first-order chi connectivity index (χ1) is 8.89. The zero-order valence-electron chi connectivity index (χ0n) is 11.3. The number of aryl methyl sites for hydroxylation is 1. The lowest BCUT2D eigenvalue weighted by Gasteiger charge is -2.05. The van der Waals surface area contributed by atoms with Gasteiger partial charge in [-0.1, -0.05) is 23.8 Å². The molecule has 2 rings (SSSR count). The number of sulfone groups is 1. The van der Waals surface area contributed by atoms with Crippen molar-refractivity contribution in [3.05, 3.63) is 64.7 Å². The van der Waals surface area contributed by atoms with Crippen LogP contribution < -0.4 is 0 Å². The molecule has 3 nitrogen and oxygen atoms in total. The first-order valence-electron chi connectivity index (χ1n) is 5.99. The zero-order chi connectivity index (χ0) is 14.0. The molecule has 1 aliphatic rings. The third-order valence-corrected chi connectivity index (χ3v) is 4.57. The molecule has 0 spiro atoms. The SMILES string of the molecule is Cc1ccc(S(=O)(=O)C2=C/C(=C\N(C)C)C=C2)cc1. The van der Waals surface area contributed by atoms with Crippen molar-refractivity contribution in [2.75, 3.05) is 14.1 Å². The Hall–Kier alpha value is -1.81. The Labute approximate surface area is 114 Å². The molecular formula is C15H17NO2S. The Morgan fingerprint density at radius 2 is 1.68 bits per heavy atom. The summed E-state index contributed by atoms with van der Waals surface area (Å²) in [6.45, 7) is 1.93. The second-order valence-corrected chi connectivity index (χ2v) is 6.74. The van der Waals surface area contributed by atoms with E-state index in [1.807, 2.05) is 44.3 Å². The molecule has 100 valence electrons. The van der Waals surface area contributed by atoms with Gasteiger partial charge in [-0.15, -0.1) is 0 Å². The third kappa shape index (κ3) is 2.96. The van der Waals surface area contributed by atoms with Crippen LogP contribution in [0.5, 0.6) is 0 Å². The molecule has 4 heteroatoms. The summed E-state index contributed by atoms with van der Waals surface area (Å²) in [4.78, 5) is 2.56. The van der Waals surface area contributed by atoms with Crippen LogP contribution in [0.15, 0.2) is 64.1 Å². The summed E-state index contributed by atoms with van der Waals surface area (Å²) in [6.07, 6.45) is 7.02. The van der Waals surface area contributed by atoms with Gasteiger partial charge < -0.3 is 4.90 Å². The van der Waals surface area contributed by atoms with Crippen LogP contribution in [0.25, 0.3) is 0 Å². The average Bonchev–Trinajstić information content (AvgIpc) is 2.78. The molecule has 0 radical (unpaired) electrons. The molecule has 1 aromatic carbocycles. The van der Waals surface area contributed by atoms with E-state index < -0.39 is 9.84 Å². The van der Waals surface area contributed by atoms with Crippen LogP contribution in [-0.4, -0.2) is 27.4 Å². The number of nitrogens with zero attached hydrogens (tertiary/aromatic N) is 1. The van der Waals surface area contributed by atoms with E-state index in [0.717, 1.165) is 11.1 Å². The van der Waals surface area contributed by atoms with E-state index in [9.17, 15) is 8.42 Å². The summed E-state index contributed by atoms with van der Waals surface area (Å²) in [5, 5.41) is 0. The molecule has 0 aliphatic heterocycles. The van der Waals surface area contributed by atoms with Crippen molar-refractivity contribution >= 4 is 9.84 Å². The molecule has 0 aromatic heterocycles. The second-order valence-electron chi connectivity index (χ2n) is 4.79. The molecule has 1 aliphatic carbocycles. The van der Waals surface area contributed by atoms with Crippen LogP contribution in [0.1, 0.15) is 5.56 Å². The molecule has 0 fully saturated rings. The highest BCUT2D eigenvalue weighted by Crippen LogP contribution is 2.26. The Kier molecular flexibility index (Phi) is 3.62. The van der Waals surface area contributed by atoms with Crippen LogP contribution >= 0.6 is 0 Å². The van der Waals surface area contributed by atoms with Gasteiger partial charge in [0.2, 0.25) is 9.84 Å². The number of rotatable bonds is 3. The Bertz CT molecular complexity index is 663. The maximum Gasteiger partial charge on any atom is 0.206 e.